The summed E-state index contributed by atoms with van der Waals surface area (Å²) in [6.07, 6.45) is 1.84. The number of hydrogen-bond acceptors (Lipinski definition) is 2. The second kappa shape index (κ2) is 5.97. The minimum Gasteiger partial charge on any atom is -0.305 e. The molecule has 0 spiro atoms. The molecule has 0 radical (unpaired) electrons. The molecular formula is C13H13BrFN3O. The van der Waals surface area contributed by atoms with Gasteiger partial charge in [-0.1, -0.05) is 29.3 Å². The third kappa shape index (κ3) is 3.41. The van der Waals surface area contributed by atoms with E-state index < -0.39 is 11.7 Å². The Balaban J connectivity index is 2.11. The highest BCUT2D eigenvalue weighted by molar-refractivity contribution is 9.10. The van der Waals surface area contributed by atoms with Crippen LogP contribution in [0.3, 0.4) is 0 Å². The molecule has 4 nitrogen and oxygen atoms in total. The first-order valence-corrected chi connectivity index (χ1v) is 6.70. The number of aromatic amines is 1. The fraction of sp³-hybridized carbons (Fsp3) is 0.231. The SMILES string of the molecule is CCCc1cc(NC(=O)c2ccc(Br)cc2F)n[nH]1. The zero-order chi connectivity index (χ0) is 13.8. The van der Waals surface area contributed by atoms with E-state index in [-0.39, 0.29) is 5.56 Å². The molecule has 0 unspecified atom stereocenters. The molecular weight excluding hydrogens is 313 g/mol. The highest BCUT2D eigenvalue weighted by Crippen LogP contribution is 2.16. The van der Waals surface area contributed by atoms with Crippen LogP contribution in [0.25, 0.3) is 0 Å². The Labute approximate surface area is 118 Å². The van der Waals surface area contributed by atoms with Crippen LogP contribution in [0.4, 0.5) is 10.2 Å². The maximum atomic E-state index is 13.6. The second-order valence-electron chi connectivity index (χ2n) is 4.11. The van der Waals surface area contributed by atoms with E-state index in [9.17, 15) is 9.18 Å². The number of carbonyl (C=O) groups is 1. The second-order valence-corrected chi connectivity index (χ2v) is 5.02. The van der Waals surface area contributed by atoms with Crippen LogP contribution >= 0.6 is 15.9 Å². The van der Waals surface area contributed by atoms with Crippen molar-refractivity contribution < 1.29 is 9.18 Å². The first kappa shape index (κ1) is 13.7. The van der Waals surface area contributed by atoms with E-state index in [0.717, 1.165) is 18.5 Å². The third-order valence-electron chi connectivity index (χ3n) is 2.57. The van der Waals surface area contributed by atoms with Crippen LogP contribution < -0.4 is 5.32 Å². The Morgan fingerprint density at radius 3 is 2.95 bits per heavy atom. The van der Waals surface area contributed by atoms with Crippen molar-refractivity contribution in [2.75, 3.05) is 5.32 Å². The fourth-order valence-corrected chi connectivity index (χ4v) is 2.01. The van der Waals surface area contributed by atoms with E-state index in [1.807, 2.05) is 0 Å². The van der Waals surface area contributed by atoms with Gasteiger partial charge in [0.15, 0.2) is 5.82 Å². The summed E-state index contributed by atoms with van der Waals surface area (Å²) in [5.74, 6) is -0.688. The smallest absolute Gasteiger partial charge is 0.259 e. The van der Waals surface area contributed by atoms with E-state index >= 15 is 0 Å². The number of anilines is 1. The molecule has 2 N–H and O–H groups in total. The Morgan fingerprint density at radius 1 is 1.47 bits per heavy atom. The molecule has 1 heterocycles. The Bertz CT molecular complexity index is 597. The van der Waals surface area contributed by atoms with Gasteiger partial charge >= 0.3 is 0 Å². The molecule has 0 bridgehead atoms. The van der Waals surface area contributed by atoms with Crippen molar-refractivity contribution in [1.29, 1.82) is 0 Å². The standard InChI is InChI=1S/C13H13BrFN3O/c1-2-3-9-7-12(18-17-9)16-13(19)10-5-4-8(14)6-11(10)15/h4-7H,2-3H2,1H3,(H2,16,17,18,19). The van der Waals surface area contributed by atoms with Gasteiger partial charge in [-0.25, -0.2) is 4.39 Å². The number of halogens is 2. The first-order chi connectivity index (χ1) is 9.10. The molecule has 0 saturated heterocycles. The fourth-order valence-electron chi connectivity index (χ4n) is 1.68. The lowest BCUT2D eigenvalue weighted by molar-refractivity contribution is 0.102. The molecule has 19 heavy (non-hydrogen) atoms. The summed E-state index contributed by atoms with van der Waals surface area (Å²) in [7, 11) is 0. The number of nitrogens with one attached hydrogen (secondary N) is 2. The number of nitrogens with zero attached hydrogens (tertiary/aromatic N) is 1. The maximum Gasteiger partial charge on any atom is 0.259 e. The summed E-state index contributed by atoms with van der Waals surface area (Å²) in [6, 6.07) is 6.04. The van der Waals surface area contributed by atoms with Crippen molar-refractivity contribution in [1.82, 2.24) is 10.2 Å². The molecule has 6 heteroatoms. The lowest BCUT2D eigenvalue weighted by Crippen LogP contribution is -2.13. The summed E-state index contributed by atoms with van der Waals surface area (Å²) < 4.78 is 14.2. The zero-order valence-electron chi connectivity index (χ0n) is 10.3. The van der Waals surface area contributed by atoms with E-state index in [1.54, 1.807) is 12.1 Å². The van der Waals surface area contributed by atoms with Crippen molar-refractivity contribution in [3.63, 3.8) is 0 Å². The van der Waals surface area contributed by atoms with Crippen LogP contribution in [0.15, 0.2) is 28.7 Å². The largest absolute Gasteiger partial charge is 0.305 e. The highest BCUT2D eigenvalue weighted by Gasteiger charge is 2.13. The van der Waals surface area contributed by atoms with Gasteiger partial charge in [0.25, 0.3) is 5.91 Å². The number of aromatic nitrogens is 2. The molecule has 1 aromatic heterocycles. The monoisotopic (exact) mass is 325 g/mol. The van der Waals surface area contributed by atoms with Gasteiger partial charge < -0.3 is 5.32 Å². The maximum absolute atomic E-state index is 13.6. The molecule has 0 aliphatic carbocycles. The van der Waals surface area contributed by atoms with Crippen molar-refractivity contribution in [2.24, 2.45) is 0 Å². The molecule has 1 amide bonds. The van der Waals surface area contributed by atoms with Gasteiger partial charge in [0.05, 0.1) is 5.56 Å². The third-order valence-corrected chi connectivity index (χ3v) is 3.06. The molecule has 1 aromatic carbocycles. The number of rotatable bonds is 4. The van der Waals surface area contributed by atoms with E-state index in [1.165, 1.54) is 12.1 Å². The number of aryl methyl sites for hydroxylation is 1. The summed E-state index contributed by atoms with van der Waals surface area (Å²) in [6.45, 7) is 2.05. The average Bonchev–Trinajstić information content (AvgIpc) is 2.76. The molecule has 2 rings (SSSR count). The topological polar surface area (TPSA) is 57.8 Å². The number of amides is 1. The van der Waals surface area contributed by atoms with E-state index in [0.29, 0.717) is 10.3 Å². The summed E-state index contributed by atoms with van der Waals surface area (Å²) in [5.41, 5.74) is 0.928. The van der Waals surface area contributed by atoms with Gasteiger partial charge in [-0.2, -0.15) is 5.10 Å². The molecule has 0 fully saturated rings. The van der Waals surface area contributed by atoms with E-state index in [2.05, 4.69) is 38.4 Å². The van der Waals surface area contributed by atoms with Crippen molar-refractivity contribution >= 4 is 27.7 Å². The molecule has 2 aromatic rings. The Hall–Kier alpha value is -1.69. The van der Waals surface area contributed by atoms with Crippen LogP contribution in [-0.4, -0.2) is 16.1 Å². The number of hydrogen-bond donors (Lipinski definition) is 2. The molecule has 0 aliphatic rings. The quantitative estimate of drug-likeness (QED) is 0.903. The van der Waals surface area contributed by atoms with Gasteiger partial charge in [0.1, 0.15) is 5.82 Å². The van der Waals surface area contributed by atoms with Gasteiger partial charge in [-0.15, -0.1) is 0 Å². The average molecular weight is 326 g/mol. The number of H-pyrrole nitrogens is 1. The lowest BCUT2D eigenvalue weighted by atomic mass is 10.2. The molecule has 100 valence electrons. The van der Waals surface area contributed by atoms with Crippen LogP contribution in [0, 0.1) is 5.82 Å². The normalized spacial score (nSPS) is 10.5. The van der Waals surface area contributed by atoms with Crippen molar-refractivity contribution in [3.05, 3.63) is 45.8 Å². The minimum atomic E-state index is -0.573. The summed E-state index contributed by atoms with van der Waals surface area (Å²) >= 11 is 3.14. The predicted octanol–water partition coefficient (Wildman–Crippen LogP) is 3.52. The summed E-state index contributed by atoms with van der Waals surface area (Å²) in [5, 5.41) is 9.34. The molecule has 0 saturated carbocycles. The van der Waals surface area contributed by atoms with Crippen LogP contribution in [0.1, 0.15) is 29.4 Å². The van der Waals surface area contributed by atoms with Gasteiger partial charge in [-0.3, -0.25) is 9.89 Å². The van der Waals surface area contributed by atoms with Gasteiger partial charge in [0, 0.05) is 16.2 Å². The minimum absolute atomic E-state index is 0.0109. The number of benzene rings is 1. The lowest BCUT2D eigenvalue weighted by Gasteiger charge is -2.03. The Morgan fingerprint density at radius 2 is 2.26 bits per heavy atom. The highest BCUT2D eigenvalue weighted by atomic mass is 79.9. The predicted molar refractivity (Wildman–Crippen MR) is 74.6 cm³/mol. The first-order valence-electron chi connectivity index (χ1n) is 5.91. The van der Waals surface area contributed by atoms with Crippen molar-refractivity contribution in [3.8, 4) is 0 Å². The van der Waals surface area contributed by atoms with Gasteiger partial charge in [-0.05, 0) is 24.6 Å². The summed E-state index contributed by atoms with van der Waals surface area (Å²) in [4.78, 5) is 11.9. The van der Waals surface area contributed by atoms with Crippen LogP contribution in [0.5, 0.6) is 0 Å². The zero-order valence-corrected chi connectivity index (χ0v) is 11.9. The molecule has 0 aliphatic heterocycles. The van der Waals surface area contributed by atoms with Crippen LogP contribution in [0.2, 0.25) is 0 Å². The van der Waals surface area contributed by atoms with Gasteiger partial charge in [0.2, 0.25) is 0 Å². The Kier molecular flexibility index (Phi) is 4.31. The van der Waals surface area contributed by atoms with Crippen molar-refractivity contribution in [2.45, 2.75) is 19.8 Å². The van der Waals surface area contributed by atoms with Crippen LogP contribution in [-0.2, 0) is 6.42 Å². The van der Waals surface area contributed by atoms with E-state index in [4.69, 9.17) is 0 Å². The molecule has 0 atom stereocenters. The number of carbonyl (C=O) groups excluding carboxylic acids is 1.